The summed E-state index contributed by atoms with van der Waals surface area (Å²) in [5.74, 6) is 0. The molecular weight excluding hydrogens is 232 g/mol. The standard InChI is InChI=1S/C17H13N2/c18-12-15-10-11-19(13-14-6-2-1-3-7-14)17-9-5-4-8-16(15)17/h1-11H,13H2/q+1. The number of benzene rings is 2. The molecule has 0 unspecified atom stereocenters. The quantitative estimate of drug-likeness (QED) is 0.638. The van der Waals surface area contributed by atoms with Crippen LogP contribution in [0.2, 0.25) is 0 Å². The molecule has 1 heterocycles. The first-order valence-electron chi connectivity index (χ1n) is 6.24. The van der Waals surface area contributed by atoms with Gasteiger partial charge < -0.3 is 0 Å². The fourth-order valence-corrected chi connectivity index (χ4v) is 2.30. The van der Waals surface area contributed by atoms with Crippen LogP contribution < -0.4 is 4.57 Å². The third kappa shape index (κ3) is 2.19. The summed E-state index contributed by atoms with van der Waals surface area (Å²) in [6.07, 6.45) is 1.98. The first-order valence-corrected chi connectivity index (χ1v) is 6.24. The van der Waals surface area contributed by atoms with E-state index in [2.05, 4.69) is 28.8 Å². The summed E-state index contributed by atoms with van der Waals surface area (Å²) in [5, 5.41) is 10.2. The van der Waals surface area contributed by atoms with Gasteiger partial charge in [-0.15, -0.1) is 0 Å². The predicted molar refractivity (Wildman–Crippen MR) is 74.4 cm³/mol. The molecule has 0 aliphatic rings. The van der Waals surface area contributed by atoms with Crippen LogP contribution >= 0.6 is 0 Å². The second kappa shape index (κ2) is 4.91. The van der Waals surface area contributed by atoms with Crippen LogP contribution in [0.15, 0.2) is 66.9 Å². The van der Waals surface area contributed by atoms with Crippen molar-refractivity contribution in [2.75, 3.05) is 0 Å². The normalized spacial score (nSPS) is 10.3. The Morgan fingerprint density at radius 2 is 1.63 bits per heavy atom. The molecule has 0 fully saturated rings. The lowest BCUT2D eigenvalue weighted by atomic mass is 10.1. The molecular formula is C17H13N2+. The highest BCUT2D eigenvalue weighted by atomic mass is 14.9. The van der Waals surface area contributed by atoms with E-state index in [1.54, 1.807) is 0 Å². The fourth-order valence-electron chi connectivity index (χ4n) is 2.30. The number of fused-ring (bicyclic) bond motifs is 1. The maximum absolute atomic E-state index is 9.16. The molecule has 0 aliphatic carbocycles. The Morgan fingerprint density at radius 3 is 2.42 bits per heavy atom. The molecule has 2 heteroatoms. The summed E-state index contributed by atoms with van der Waals surface area (Å²) in [7, 11) is 0. The largest absolute Gasteiger partial charge is 0.214 e. The topological polar surface area (TPSA) is 27.7 Å². The summed E-state index contributed by atoms with van der Waals surface area (Å²) in [5.41, 5.74) is 3.06. The maximum atomic E-state index is 9.16. The lowest BCUT2D eigenvalue weighted by Crippen LogP contribution is -2.34. The molecule has 0 aliphatic heterocycles. The minimum absolute atomic E-state index is 0.722. The van der Waals surface area contributed by atoms with Crippen LogP contribution in [-0.2, 0) is 6.54 Å². The number of pyridine rings is 1. The van der Waals surface area contributed by atoms with Gasteiger partial charge in [0.25, 0.3) is 0 Å². The van der Waals surface area contributed by atoms with Gasteiger partial charge in [0.2, 0.25) is 5.52 Å². The molecule has 0 spiro atoms. The number of nitriles is 1. The van der Waals surface area contributed by atoms with Gasteiger partial charge in [-0.1, -0.05) is 42.5 Å². The van der Waals surface area contributed by atoms with E-state index in [0.29, 0.717) is 0 Å². The molecule has 0 saturated heterocycles. The number of aromatic nitrogens is 1. The van der Waals surface area contributed by atoms with E-state index in [4.69, 9.17) is 5.26 Å². The highest BCUT2D eigenvalue weighted by molar-refractivity contribution is 5.81. The Morgan fingerprint density at radius 1 is 0.895 bits per heavy atom. The van der Waals surface area contributed by atoms with E-state index in [0.717, 1.165) is 23.0 Å². The molecule has 0 saturated carbocycles. The van der Waals surface area contributed by atoms with Gasteiger partial charge in [0, 0.05) is 17.7 Å². The van der Waals surface area contributed by atoms with Gasteiger partial charge in [-0.2, -0.15) is 9.83 Å². The molecule has 90 valence electrons. The van der Waals surface area contributed by atoms with Crippen molar-refractivity contribution in [3.63, 3.8) is 0 Å². The zero-order valence-electron chi connectivity index (χ0n) is 10.5. The van der Waals surface area contributed by atoms with Crippen molar-refractivity contribution in [1.82, 2.24) is 0 Å². The minimum Gasteiger partial charge on any atom is -0.194 e. The number of rotatable bonds is 2. The van der Waals surface area contributed by atoms with Gasteiger partial charge in [0.1, 0.15) is 6.07 Å². The van der Waals surface area contributed by atoms with E-state index in [9.17, 15) is 0 Å². The molecule has 2 nitrogen and oxygen atoms in total. The predicted octanol–water partition coefficient (Wildman–Crippen LogP) is 3.05. The Kier molecular flexibility index (Phi) is 2.96. The number of hydrogen-bond acceptors (Lipinski definition) is 1. The Bertz CT molecular complexity index is 755. The molecule has 0 radical (unpaired) electrons. The minimum atomic E-state index is 0.722. The lowest BCUT2D eigenvalue weighted by Gasteiger charge is -2.02. The van der Waals surface area contributed by atoms with Crippen molar-refractivity contribution in [2.24, 2.45) is 0 Å². The summed E-state index contributed by atoms with van der Waals surface area (Å²) < 4.78 is 2.17. The molecule has 0 N–H and O–H groups in total. The first kappa shape index (κ1) is 11.4. The van der Waals surface area contributed by atoms with E-state index in [-0.39, 0.29) is 0 Å². The zero-order chi connectivity index (χ0) is 13.1. The summed E-state index contributed by atoms with van der Waals surface area (Å²) >= 11 is 0. The molecule has 0 atom stereocenters. The highest BCUT2D eigenvalue weighted by Crippen LogP contribution is 2.14. The Balaban J connectivity index is 2.13. The van der Waals surface area contributed by atoms with Crippen LogP contribution in [0.3, 0.4) is 0 Å². The van der Waals surface area contributed by atoms with Crippen molar-refractivity contribution >= 4 is 10.9 Å². The number of nitrogens with zero attached hydrogens (tertiary/aromatic N) is 2. The van der Waals surface area contributed by atoms with E-state index in [1.165, 1.54) is 5.56 Å². The molecule has 3 rings (SSSR count). The average molecular weight is 245 g/mol. The molecule has 2 aromatic carbocycles. The summed E-state index contributed by atoms with van der Waals surface area (Å²) in [6, 6.07) is 22.5. The van der Waals surface area contributed by atoms with Crippen LogP contribution in [0.4, 0.5) is 0 Å². The SMILES string of the molecule is N#Cc1cc[n+](Cc2ccccc2)c2ccccc12. The first-order chi connectivity index (χ1) is 9.38. The van der Waals surface area contributed by atoms with Crippen LogP contribution in [-0.4, -0.2) is 0 Å². The highest BCUT2D eigenvalue weighted by Gasteiger charge is 2.12. The van der Waals surface area contributed by atoms with Gasteiger partial charge in [-0.25, -0.2) is 0 Å². The maximum Gasteiger partial charge on any atom is 0.214 e. The van der Waals surface area contributed by atoms with E-state index in [1.807, 2.05) is 48.7 Å². The second-order valence-corrected chi connectivity index (χ2v) is 4.47. The second-order valence-electron chi connectivity index (χ2n) is 4.47. The van der Waals surface area contributed by atoms with Crippen LogP contribution in [0.25, 0.3) is 10.9 Å². The summed E-state index contributed by atoms with van der Waals surface area (Å²) in [6.45, 7) is 0.813. The zero-order valence-corrected chi connectivity index (χ0v) is 10.5. The van der Waals surface area contributed by atoms with Gasteiger partial charge in [-0.05, 0) is 6.07 Å². The van der Waals surface area contributed by atoms with Crippen LogP contribution in [0.5, 0.6) is 0 Å². The van der Waals surface area contributed by atoms with Crippen molar-refractivity contribution in [3.8, 4) is 6.07 Å². The summed E-state index contributed by atoms with van der Waals surface area (Å²) in [4.78, 5) is 0. The van der Waals surface area contributed by atoms with E-state index < -0.39 is 0 Å². The van der Waals surface area contributed by atoms with Gasteiger partial charge in [0.05, 0.1) is 10.9 Å². The average Bonchev–Trinajstić information content (AvgIpc) is 2.49. The third-order valence-electron chi connectivity index (χ3n) is 3.24. The smallest absolute Gasteiger partial charge is 0.194 e. The number of para-hydroxylation sites is 1. The number of hydrogen-bond donors (Lipinski definition) is 0. The molecule has 3 aromatic rings. The Hall–Kier alpha value is -2.66. The van der Waals surface area contributed by atoms with E-state index >= 15 is 0 Å². The van der Waals surface area contributed by atoms with Crippen molar-refractivity contribution < 1.29 is 4.57 Å². The van der Waals surface area contributed by atoms with Gasteiger partial charge in [0.15, 0.2) is 12.7 Å². The van der Waals surface area contributed by atoms with Crippen LogP contribution in [0.1, 0.15) is 11.1 Å². The van der Waals surface area contributed by atoms with Crippen molar-refractivity contribution in [2.45, 2.75) is 6.54 Å². The third-order valence-corrected chi connectivity index (χ3v) is 3.24. The fraction of sp³-hybridized carbons (Fsp3) is 0.0588. The van der Waals surface area contributed by atoms with Gasteiger partial charge >= 0.3 is 0 Å². The molecule has 0 amide bonds. The van der Waals surface area contributed by atoms with Gasteiger partial charge in [-0.3, -0.25) is 0 Å². The lowest BCUT2D eigenvalue weighted by molar-refractivity contribution is -0.662. The molecule has 0 bridgehead atoms. The van der Waals surface area contributed by atoms with Crippen molar-refractivity contribution in [3.05, 3.63) is 78.0 Å². The molecule has 19 heavy (non-hydrogen) atoms. The molecule has 1 aromatic heterocycles. The van der Waals surface area contributed by atoms with Crippen molar-refractivity contribution in [1.29, 1.82) is 5.26 Å². The monoisotopic (exact) mass is 245 g/mol. The Labute approximate surface area is 112 Å². The van der Waals surface area contributed by atoms with Crippen LogP contribution in [0, 0.1) is 11.3 Å².